The number of phenols is 1. The predicted octanol–water partition coefficient (Wildman–Crippen LogP) is 4.21. The Morgan fingerprint density at radius 2 is 1.83 bits per heavy atom. The first-order valence-corrected chi connectivity index (χ1v) is 7.38. The minimum absolute atomic E-state index is 0.000441. The van der Waals surface area contributed by atoms with Gasteiger partial charge in [0, 0.05) is 28.9 Å². The maximum atomic E-state index is 10.2. The fraction of sp³-hybridized carbons (Fsp3) is 0.235. The van der Waals surface area contributed by atoms with Crippen LogP contribution in [0.1, 0.15) is 12.5 Å². The Bertz CT molecular complexity index is 716. The third kappa shape index (κ3) is 4.07. The highest BCUT2D eigenvalue weighted by molar-refractivity contribution is 6.31. The van der Waals surface area contributed by atoms with E-state index in [0.29, 0.717) is 40.1 Å². The van der Waals surface area contributed by atoms with Crippen molar-refractivity contribution in [1.82, 2.24) is 0 Å². The zero-order valence-corrected chi connectivity index (χ0v) is 13.9. The lowest BCUT2D eigenvalue weighted by atomic mass is 10.2. The van der Waals surface area contributed by atoms with Crippen LogP contribution in [0.3, 0.4) is 0 Å². The molecule has 0 spiro atoms. The van der Waals surface area contributed by atoms with E-state index in [2.05, 4.69) is 4.99 Å². The number of aliphatic imine (C=N–C) groups is 1. The van der Waals surface area contributed by atoms with Gasteiger partial charge in [-0.15, -0.1) is 0 Å². The molecule has 6 heteroatoms. The van der Waals surface area contributed by atoms with E-state index in [1.165, 1.54) is 6.21 Å². The number of aromatic hydroxyl groups is 1. The molecule has 0 saturated carbocycles. The number of methoxy groups -OCH3 is 2. The van der Waals surface area contributed by atoms with Crippen molar-refractivity contribution in [3.05, 3.63) is 40.9 Å². The van der Waals surface area contributed by atoms with Gasteiger partial charge in [-0.1, -0.05) is 11.6 Å². The third-order valence-corrected chi connectivity index (χ3v) is 3.31. The van der Waals surface area contributed by atoms with Crippen molar-refractivity contribution < 1.29 is 19.3 Å². The molecule has 0 heterocycles. The van der Waals surface area contributed by atoms with Crippen LogP contribution < -0.4 is 14.2 Å². The minimum Gasteiger partial charge on any atom is -0.504 e. The van der Waals surface area contributed by atoms with Crippen LogP contribution in [0.15, 0.2) is 35.3 Å². The quantitative estimate of drug-likeness (QED) is 0.803. The molecule has 122 valence electrons. The molecule has 23 heavy (non-hydrogen) atoms. The highest BCUT2D eigenvalue weighted by Gasteiger charge is 2.09. The van der Waals surface area contributed by atoms with Gasteiger partial charge in [0.25, 0.3) is 0 Å². The van der Waals surface area contributed by atoms with E-state index in [0.717, 1.165) is 0 Å². The predicted molar refractivity (Wildman–Crippen MR) is 91.1 cm³/mol. The average molecular weight is 336 g/mol. The second-order valence-corrected chi connectivity index (χ2v) is 5.01. The maximum Gasteiger partial charge on any atom is 0.166 e. The zero-order valence-electron chi connectivity index (χ0n) is 13.2. The summed E-state index contributed by atoms with van der Waals surface area (Å²) in [4.78, 5) is 4.33. The highest BCUT2D eigenvalue weighted by atomic mass is 35.5. The summed E-state index contributed by atoms with van der Waals surface area (Å²) in [6, 6.07) is 8.45. The first kappa shape index (κ1) is 17.0. The van der Waals surface area contributed by atoms with Crippen LogP contribution in [-0.2, 0) is 0 Å². The van der Waals surface area contributed by atoms with Gasteiger partial charge in [0.15, 0.2) is 23.0 Å². The Morgan fingerprint density at radius 1 is 1.09 bits per heavy atom. The van der Waals surface area contributed by atoms with Crippen LogP contribution in [0.25, 0.3) is 0 Å². The Labute approximate surface area is 140 Å². The van der Waals surface area contributed by atoms with Crippen LogP contribution in [0.5, 0.6) is 23.0 Å². The molecule has 0 aliphatic rings. The van der Waals surface area contributed by atoms with E-state index >= 15 is 0 Å². The lowest BCUT2D eigenvalue weighted by Crippen LogP contribution is -1.94. The molecule has 0 radical (unpaired) electrons. The van der Waals surface area contributed by atoms with Gasteiger partial charge < -0.3 is 19.3 Å². The van der Waals surface area contributed by atoms with E-state index in [9.17, 15) is 5.11 Å². The summed E-state index contributed by atoms with van der Waals surface area (Å²) in [5.41, 5.74) is 1.12. The highest BCUT2D eigenvalue weighted by Crippen LogP contribution is 2.34. The second-order valence-electron chi connectivity index (χ2n) is 4.57. The fourth-order valence-electron chi connectivity index (χ4n) is 2.01. The molecule has 0 atom stereocenters. The van der Waals surface area contributed by atoms with Crippen molar-refractivity contribution in [1.29, 1.82) is 0 Å². The van der Waals surface area contributed by atoms with Gasteiger partial charge in [-0.25, -0.2) is 0 Å². The number of phenolic OH excluding ortho intramolecular Hbond substituents is 1. The topological polar surface area (TPSA) is 60.3 Å². The molecule has 0 amide bonds. The molecule has 5 nitrogen and oxygen atoms in total. The molecular weight excluding hydrogens is 318 g/mol. The summed E-state index contributed by atoms with van der Waals surface area (Å²) in [7, 11) is 3.13. The zero-order chi connectivity index (χ0) is 16.8. The number of benzene rings is 2. The molecule has 0 unspecified atom stereocenters. The summed E-state index contributed by atoms with van der Waals surface area (Å²) < 4.78 is 15.8. The van der Waals surface area contributed by atoms with Crippen LogP contribution in [-0.4, -0.2) is 32.1 Å². The van der Waals surface area contributed by atoms with Crippen LogP contribution in [0.2, 0.25) is 5.02 Å². The monoisotopic (exact) mass is 335 g/mol. The summed E-state index contributed by atoms with van der Waals surface area (Å²) in [6.45, 7) is 2.26. The summed E-state index contributed by atoms with van der Waals surface area (Å²) in [5.74, 6) is 1.53. The van der Waals surface area contributed by atoms with E-state index in [1.54, 1.807) is 44.6 Å². The van der Waals surface area contributed by atoms with Gasteiger partial charge in [-0.05, 0) is 25.1 Å². The number of rotatable bonds is 6. The van der Waals surface area contributed by atoms with Gasteiger partial charge in [0.1, 0.15) is 0 Å². The SMILES string of the molecule is CCOc1cc(Cl)cc(C=Nc2ccc(OC)c(OC)c2)c1O. The molecule has 0 aliphatic heterocycles. The summed E-state index contributed by atoms with van der Waals surface area (Å²) >= 11 is 6.04. The van der Waals surface area contributed by atoms with E-state index < -0.39 is 0 Å². The van der Waals surface area contributed by atoms with Crippen LogP contribution in [0.4, 0.5) is 5.69 Å². The Kier molecular flexibility index (Phi) is 5.71. The van der Waals surface area contributed by atoms with Crippen LogP contribution >= 0.6 is 11.6 Å². The fourth-order valence-corrected chi connectivity index (χ4v) is 2.22. The maximum absolute atomic E-state index is 10.2. The molecule has 2 rings (SSSR count). The number of nitrogens with zero attached hydrogens (tertiary/aromatic N) is 1. The van der Waals surface area contributed by atoms with Gasteiger partial charge in [-0.2, -0.15) is 0 Å². The molecule has 1 N–H and O–H groups in total. The molecule has 0 fully saturated rings. The van der Waals surface area contributed by atoms with E-state index in [4.69, 9.17) is 25.8 Å². The van der Waals surface area contributed by atoms with Crippen molar-refractivity contribution >= 4 is 23.5 Å². The van der Waals surface area contributed by atoms with Crippen molar-refractivity contribution in [2.24, 2.45) is 4.99 Å². The standard InChI is InChI=1S/C17H18ClNO4/c1-4-23-16-8-12(18)7-11(17(16)20)10-19-13-5-6-14(21-2)15(9-13)22-3/h5-10,20H,4H2,1-3H3. The first-order valence-electron chi connectivity index (χ1n) is 7.00. The largest absolute Gasteiger partial charge is 0.504 e. The van der Waals surface area contributed by atoms with Crippen molar-refractivity contribution in [2.75, 3.05) is 20.8 Å². The molecule has 2 aromatic carbocycles. The van der Waals surface area contributed by atoms with Crippen molar-refractivity contribution in [3.8, 4) is 23.0 Å². The first-order chi connectivity index (χ1) is 11.1. The Balaban J connectivity index is 2.33. The lowest BCUT2D eigenvalue weighted by molar-refractivity contribution is 0.318. The molecule has 0 bridgehead atoms. The van der Waals surface area contributed by atoms with Crippen molar-refractivity contribution in [2.45, 2.75) is 6.92 Å². The summed E-state index contributed by atoms with van der Waals surface area (Å²) in [6.07, 6.45) is 1.52. The smallest absolute Gasteiger partial charge is 0.166 e. The minimum atomic E-state index is 0.000441. The van der Waals surface area contributed by atoms with E-state index in [-0.39, 0.29) is 5.75 Å². The van der Waals surface area contributed by atoms with Gasteiger partial charge >= 0.3 is 0 Å². The van der Waals surface area contributed by atoms with Crippen LogP contribution in [0, 0.1) is 0 Å². The summed E-state index contributed by atoms with van der Waals surface area (Å²) in [5, 5.41) is 10.6. The molecule has 0 aromatic heterocycles. The number of halogens is 1. The normalized spacial score (nSPS) is 10.8. The van der Waals surface area contributed by atoms with Crippen molar-refractivity contribution in [3.63, 3.8) is 0 Å². The molecular formula is C17H18ClNO4. The molecule has 2 aromatic rings. The Hall–Kier alpha value is -2.40. The lowest BCUT2D eigenvalue weighted by Gasteiger charge is -2.09. The average Bonchev–Trinajstić information content (AvgIpc) is 2.56. The van der Waals surface area contributed by atoms with Gasteiger partial charge in [-0.3, -0.25) is 4.99 Å². The van der Waals surface area contributed by atoms with Gasteiger partial charge in [0.2, 0.25) is 0 Å². The molecule has 0 aliphatic carbocycles. The number of hydrogen-bond donors (Lipinski definition) is 1. The second kappa shape index (κ2) is 7.74. The van der Waals surface area contributed by atoms with Gasteiger partial charge in [0.05, 0.1) is 26.5 Å². The third-order valence-electron chi connectivity index (χ3n) is 3.09. The van der Waals surface area contributed by atoms with E-state index in [1.807, 2.05) is 6.92 Å². The number of ether oxygens (including phenoxy) is 3. The molecule has 0 saturated heterocycles. The Morgan fingerprint density at radius 3 is 2.48 bits per heavy atom. The number of hydrogen-bond acceptors (Lipinski definition) is 5.